The van der Waals surface area contributed by atoms with E-state index in [0.717, 1.165) is 11.6 Å². The molecule has 0 amide bonds. The number of halogens is 1. The second-order valence-electron chi connectivity index (χ2n) is 4.18. The zero-order valence-electron chi connectivity index (χ0n) is 10.2. The van der Waals surface area contributed by atoms with Crippen LogP contribution in [0.3, 0.4) is 0 Å². The third-order valence-corrected chi connectivity index (χ3v) is 2.75. The number of nitro benzene ring substituents is 1. The van der Waals surface area contributed by atoms with Crippen LogP contribution in [0.25, 0.3) is 0 Å². The van der Waals surface area contributed by atoms with Gasteiger partial charge in [-0.15, -0.1) is 0 Å². The maximum absolute atomic E-state index is 13.9. The van der Waals surface area contributed by atoms with E-state index in [1.807, 2.05) is 0 Å². The van der Waals surface area contributed by atoms with E-state index in [1.54, 1.807) is 13.0 Å². The summed E-state index contributed by atoms with van der Waals surface area (Å²) >= 11 is 0. The molecule has 2 aromatic rings. The zero-order valence-corrected chi connectivity index (χ0v) is 10.2. The van der Waals surface area contributed by atoms with Gasteiger partial charge in [0.2, 0.25) is 5.82 Å². The van der Waals surface area contributed by atoms with Crippen LogP contribution < -0.4 is 5.56 Å². The van der Waals surface area contributed by atoms with Gasteiger partial charge < -0.3 is 4.57 Å². The summed E-state index contributed by atoms with van der Waals surface area (Å²) in [6.07, 6.45) is 1.54. The molecular formula is C13H11FN2O3. The summed E-state index contributed by atoms with van der Waals surface area (Å²) in [5.74, 6) is -0.903. The maximum Gasteiger partial charge on any atom is 0.305 e. The van der Waals surface area contributed by atoms with Crippen molar-refractivity contribution < 1.29 is 9.31 Å². The molecule has 0 saturated carbocycles. The van der Waals surface area contributed by atoms with E-state index >= 15 is 0 Å². The van der Waals surface area contributed by atoms with E-state index in [1.165, 1.54) is 29.0 Å². The lowest BCUT2D eigenvalue weighted by molar-refractivity contribution is -0.387. The largest absolute Gasteiger partial charge is 0.311 e. The van der Waals surface area contributed by atoms with Crippen molar-refractivity contribution in [2.75, 3.05) is 0 Å². The molecule has 98 valence electrons. The van der Waals surface area contributed by atoms with E-state index < -0.39 is 16.4 Å². The van der Waals surface area contributed by atoms with E-state index in [-0.39, 0.29) is 17.7 Å². The number of benzene rings is 1. The standard InChI is InChI=1S/C13H11FN2O3/c1-9-5-6-15(12(17)7-9)8-10-3-2-4-11(13(10)14)16(18)19/h2-7H,8H2,1H3. The number of rotatable bonds is 3. The summed E-state index contributed by atoms with van der Waals surface area (Å²) in [5, 5.41) is 10.6. The number of hydrogen-bond acceptors (Lipinski definition) is 3. The molecular weight excluding hydrogens is 251 g/mol. The van der Waals surface area contributed by atoms with Gasteiger partial charge in [0.25, 0.3) is 5.56 Å². The second-order valence-corrected chi connectivity index (χ2v) is 4.18. The minimum atomic E-state index is -0.903. The highest BCUT2D eigenvalue weighted by atomic mass is 19.1. The Labute approximate surface area is 108 Å². The Morgan fingerprint density at radius 3 is 2.74 bits per heavy atom. The smallest absolute Gasteiger partial charge is 0.305 e. The first kappa shape index (κ1) is 12.9. The van der Waals surface area contributed by atoms with Crippen LogP contribution in [0.1, 0.15) is 11.1 Å². The molecule has 0 aliphatic rings. The monoisotopic (exact) mass is 262 g/mol. The average molecular weight is 262 g/mol. The summed E-state index contributed by atoms with van der Waals surface area (Å²) < 4.78 is 15.2. The number of aryl methyl sites for hydroxylation is 1. The van der Waals surface area contributed by atoms with Gasteiger partial charge in [0, 0.05) is 23.9 Å². The fraction of sp³-hybridized carbons (Fsp3) is 0.154. The molecule has 5 nitrogen and oxygen atoms in total. The van der Waals surface area contributed by atoms with Crippen molar-refractivity contribution in [3.8, 4) is 0 Å². The molecule has 0 saturated heterocycles. The van der Waals surface area contributed by atoms with Crippen LogP contribution in [0.4, 0.5) is 10.1 Å². The lowest BCUT2D eigenvalue weighted by Gasteiger charge is -2.07. The van der Waals surface area contributed by atoms with Crippen molar-refractivity contribution in [2.24, 2.45) is 0 Å². The predicted molar refractivity (Wildman–Crippen MR) is 67.6 cm³/mol. The maximum atomic E-state index is 13.9. The summed E-state index contributed by atoms with van der Waals surface area (Å²) in [6.45, 7) is 1.74. The number of hydrogen-bond donors (Lipinski definition) is 0. The summed E-state index contributed by atoms with van der Waals surface area (Å²) in [5.41, 5.74) is 0.0597. The highest BCUT2D eigenvalue weighted by Gasteiger charge is 2.17. The van der Waals surface area contributed by atoms with Crippen molar-refractivity contribution in [3.05, 3.63) is 73.9 Å². The molecule has 0 aliphatic carbocycles. The Hall–Kier alpha value is -2.50. The minimum Gasteiger partial charge on any atom is -0.311 e. The second kappa shape index (κ2) is 5.01. The number of pyridine rings is 1. The third kappa shape index (κ3) is 2.67. The first-order chi connectivity index (χ1) is 8.99. The van der Waals surface area contributed by atoms with Gasteiger partial charge in [0.05, 0.1) is 11.5 Å². The van der Waals surface area contributed by atoms with Gasteiger partial charge in [0.15, 0.2) is 0 Å². The Kier molecular flexibility index (Phi) is 3.41. The molecule has 0 N–H and O–H groups in total. The summed E-state index contributed by atoms with van der Waals surface area (Å²) in [7, 11) is 0. The van der Waals surface area contributed by atoms with Crippen LogP contribution in [0.15, 0.2) is 41.3 Å². The molecule has 0 aliphatic heterocycles. The summed E-state index contributed by atoms with van der Waals surface area (Å²) in [6, 6.07) is 7.06. The number of nitrogens with zero attached hydrogens (tertiary/aromatic N) is 2. The molecule has 0 radical (unpaired) electrons. The molecule has 0 spiro atoms. The molecule has 2 rings (SSSR count). The van der Waals surface area contributed by atoms with Crippen LogP contribution in [0.2, 0.25) is 0 Å². The first-order valence-electron chi connectivity index (χ1n) is 5.58. The lowest BCUT2D eigenvalue weighted by Crippen LogP contribution is -2.19. The Bertz CT molecular complexity index is 695. The van der Waals surface area contributed by atoms with Crippen molar-refractivity contribution in [2.45, 2.75) is 13.5 Å². The van der Waals surface area contributed by atoms with E-state index in [9.17, 15) is 19.3 Å². The SMILES string of the molecule is Cc1ccn(Cc2cccc([N+](=O)[O-])c2F)c(=O)c1. The van der Waals surface area contributed by atoms with Crippen molar-refractivity contribution in [1.29, 1.82) is 0 Å². The van der Waals surface area contributed by atoms with Crippen LogP contribution in [0.5, 0.6) is 0 Å². The Morgan fingerprint density at radius 2 is 2.11 bits per heavy atom. The highest BCUT2D eigenvalue weighted by Crippen LogP contribution is 2.20. The number of aromatic nitrogens is 1. The van der Waals surface area contributed by atoms with Gasteiger partial charge in [-0.1, -0.05) is 12.1 Å². The van der Waals surface area contributed by atoms with Gasteiger partial charge in [-0.05, 0) is 18.6 Å². The molecule has 0 fully saturated rings. The third-order valence-electron chi connectivity index (χ3n) is 2.75. The quantitative estimate of drug-likeness (QED) is 0.629. The van der Waals surface area contributed by atoms with Crippen LogP contribution in [-0.2, 0) is 6.54 Å². The zero-order chi connectivity index (χ0) is 14.0. The van der Waals surface area contributed by atoms with E-state index in [2.05, 4.69) is 0 Å². The fourth-order valence-electron chi connectivity index (χ4n) is 1.75. The van der Waals surface area contributed by atoms with Gasteiger partial charge in [-0.25, -0.2) is 0 Å². The van der Waals surface area contributed by atoms with Gasteiger partial charge in [-0.2, -0.15) is 4.39 Å². The molecule has 1 aromatic carbocycles. The minimum absolute atomic E-state index is 0.0351. The van der Waals surface area contributed by atoms with E-state index in [0.29, 0.717) is 0 Å². The van der Waals surface area contributed by atoms with Crippen LogP contribution in [-0.4, -0.2) is 9.49 Å². The Balaban J connectivity index is 2.41. The summed E-state index contributed by atoms with van der Waals surface area (Å²) in [4.78, 5) is 21.5. The molecule has 0 unspecified atom stereocenters. The van der Waals surface area contributed by atoms with Gasteiger partial charge in [-0.3, -0.25) is 14.9 Å². The van der Waals surface area contributed by atoms with Crippen LogP contribution in [0, 0.1) is 22.9 Å². The topological polar surface area (TPSA) is 65.1 Å². The molecule has 6 heteroatoms. The highest BCUT2D eigenvalue weighted by molar-refractivity contribution is 5.36. The van der Waals surface area contributed by atoms with E-state index in [4.69, 9.17) is 0 Å². The molecule has 0 atom stereocenters. The van der Waals surface area contributed by atoms with Gasteiger partial charge >= 0.3 is 5.69 Å². The molecule has 1 aromatic heterocycles. The Morgan fingerprint density at radius 1 is 1.37 bits per heavy atom. The number of nitro groups is 1. The van der Waals surface area contributed by atoms with Crippen molar-refractivity contribution in [3.63, 3.8) is 0 Å². The fourth-order valence-corrected chi connectivity index (χ4v) is 1.75. The van der Waals surface area contributed by atoms with Gasteiger partial charge in [0.1, 0.15) is 0 Å². The van der Waals surface area contributed by atoms with Crippen molar-refractivity contribution in [1.82, 2.24) is 4.57 Å². The first-order valence-corrected chi connectivity index (χ1v) is 5.58. The normalized spacial score (nSPS) is 10.4. The predicted octanol–water partition coefficient (Wildman–Crippen LogP) is 2.25. The van der Waals surface area contributed by atoms with Crippen LogP contribution >= 0.6 is 0 Å². The molecule has 1 heterocycles. The van der Waals surface area contributed by atoms with Crippen molar-refractivity contribution >= 4 is 5.69 Å². The average Bonchev–Trinajstić information content (AvgIpc) is 2.34. The molecule has 19 heavy (non-hydrogen) atoms. The lowest BCUT2D eigenvalue weighted by atomic mass is 10.2. The molecule has 0 bridgehead atoms.